The van der Waals surface area contributed by atoms with E-state index in [0.717, 1.165) is 6.42 Å². The third-order valence-electron chi connectivity index (χ3n) is 1.66. The lowest BCUT2D eigenvalue weighted by Gasteiger charge is -2.17. The number of aliphatic hydroxyl groups is 2. The molecule has 0 saturated heterocycles. The molecule has 0 rings (SSSR count). The molecule has 0 radical (unpaired) electrons. The Morgan fingerprint density at radius 1 is 1.40 bits per heavy atom. The highest BCUT2D eigenvalue weighted by molar-refractivity contribution is 5.02. The van der Waals surface area contributed by atoms with Gasteiger partial charge in [0.25, 0.3) is 0 Å². The van der Waals surface area contributed by atoms with Crippen LogP contribution < -0.4 is 0 Å². The van der Waals surface area contributed by atoms with E-state index in [1.165, 1.54) is 0 Å². The minimum atomic E-state index is -0.741. The second kappa shape index (κ2) is 4.47. The summed E-state index contributed by atoms with van der Waals surface area (Å²) in [4.78, 5) is 0. The van der Waals surface area contributed by atoms with Crippen LogP contribution in [-0.2, 0) is 0 Å². The van der Waals surface area contributed by atoms with E-state index in [2.05, 4.69) is 6.58 Å². The van der Waals surface area contributed by atoms with Crippen molar-refractivity contribution in [1.82, 2.24) is 0 Å². The molecule has 0 aromatic heterocycles. The van der Waals surface area contributed by atoms with Gasteiger partial charge in [0, 0.05) is 0 Å². The maximum atomic E-state index is 9.24. The molecule has 2 atom stereocenters. The third kappa shape index (κ3) is 2.50. The summed E-state index contributed by atoms with van der Waals surface area (Å²) >= 11 is 0. The number of rotatable bonds is 4. The second-order valence-corrected chi connectivity index (χ2v) is 2.43. The first-order valence-electron chi connectivity index (χ1n) is 3.67. The Hall–Kier alpha value is -0.340. The first kappa shape index (κ1) is 9.66. The zero-order valence-electron chi connectivity index (χ0n) is 6.67. The number of hydrogen-bond acceptors (Lipinski definition) is 2. The average Bonchev–Trinajstić information content (AvgIpc) is 2.00. The van der Waals surface area contributed by atoms with Crippen LogP contribution >= 0.6 is 0 Å². The van der Waals surface area contributed by atoms with Crippen LogP contribution in [0.3, 0.4) is 0 Å². The Morgan fingerprint density at radius 2 is 1.90 bits per heavy atom. The molecule has 0 aromatic carbocycles. The van der Waals surface area contributed by atoms with Gasteiger partial charge in [0.15, 0.2) is 0 Å². The summed E-state index contributed by atoms with van der Waals surface area (Å²) in [5.41, 5.74) is 0.703. The molecule has 0 aromatic rings. The van der Waals surface area contributed by atoms with Gasteiger partial charge in [-0.15, -0.1) is 0 Å². The minimum Gasteiger partial charge on any atom is -0.390 e. The van der Waals surface area contributed by atoms with Crippen molar-refractivity contribution in [2.75, 3.05) is 0 Å². The van der Waals surface area contributed by atoms with Gasteiger partial charge >= 0.3 is 0 Å². The summed E-state index contributed by atoms with van der Waals surface area (Å²) in [5.74, 6) is 0. The predicted molar refractivity (Wildman–Crippen MR) is 41.7 cm³/mol. The van der Waals surface area contributed by atoms with Crippen LogP contribution in [0.2, 0.25) is 0 Å². The van der Waals surface area contributed by atoms with Gasteiger partial charge in [-0.25, -0.2) is 0 Å². The third-order valence-corrected chi connectivity index (χ3v) is 1.66. The summed E-state index contributed by atoms with van der Waals surface area (Å²) in [6.45, 7) is 7.37. The van der Waals surface area contributed by atoms with E-state index < -0.39 is 12.2 Å². The fraction of sp³-hybridized carbons (Fsp3) is 0.750. The first-order chi connectivity index (χ1) is 4.63. The lowest BCUT2D eigenvalue weighted by molar-refractivity contribution is 0.0385. The fourth-order valence-electron chi connectivity index (χ4n) is 0.704. The van der Waals surface area contributed by atoms with Gasteiger partial charge in [0.1, 0.15) is 6.10 Å². The van der Waals surface area contributed by atoms with E-state index in [9.17, 15) is 5.11 Å². The lowest BCUT2D eigenvalue weighted by atomic mass is 10.0. The molecule has 2 N–H and O–H groups in total. The van der Waals surface area contributed by atoms with Crippen LogP contribution in [0.25, 0.3) is 0 Å². The molecule has 2 nitrogen and oxygen atoms in total. The highest BCUT2D eigenvalue weighted by Gasteiger charge is 2.15. The van der Waals surface area contributed by atoms with Crippen molar-refractivity contribution >= 4 is 0 Å². The predicted octanol–water partition coefficient (Wildman–Crippen LogP) is 1.08. The van der Waals surface area contributed by atoms with Crippen molar-refractivity contribution in [2.45, 2.75) is 38.9 Å². The highest BCUT2D eigenvalue weighted by Crippen LogP contribution is 2.09. The molecule has 0 spiro atoms. The molecule has 0 saturated carbocycles. The molecule has 10 heavy (non-hydrogen) atoms. The SMILES string of the molecule is C=C(CC)[C@@H](O)[C@H](O)CC. The molecule has 0 heterocycles. The fourth-order valence-corrected chi connectivity index (χ4v) is 0.704. The van der Waals surface area contributed by atoms with Crippen LogP contribution in [-0.4, -0.2) is 22.4 Å². The Balaban J connectivity index is 3.81. The molecule has 0 amide bonds. The molecule has 0 aliphatic heterocycles. The van der Waals surface area contributed by atoms with Gasteiger partial charge in [0.05, 0.1) is 6.10 Å². The van der Waals surface area contributed by atoms with Gasteiger partial charge in [-0.1, -0.05) is 20.4 Å². The van der Waals surface area contributed by atoms with Crippen molar-refractivity contribution in [3.05, 3.63) is 12.2 Å². The van der Waals surface area contributed by atoms with Crippen molar-refractivity contribution in [3.8, 4) is 0 Å². The van der Waals surface area contributed by atoms with Crippen molar-refractivity contribution < 1.29 is 10.2 Å². The van der Waals surface area contributed by atoms with Gasteiger partial charge in [-0.2, -0.15) is 0 Å². The van der Waals surface area contributed by atoms with Crippen LogP contribution in [0.4, 0.5) is 0 Å². The summed E-state index contributed by atoms with van der Waals surface area (Å²) < 4.78 is 0. The molecule has 0 aliphatic carbocycles. The van der Waals surface area contributed by atoms with Crippen LogP contribution in [0.15, 0.2) is 12.2 Å². The molecule has 2 heteroatoms. The number of aliphatic hydroxyl groups excluding tert-OH is 2. The van der Waals surface area contributed by atoms with E-state index in [0.29, 0.717) is 12.0 Å². The van der Waals surface area contributed by atoms with Crippen LogP contribution in [0.5, 0.6) is 0 Å². The summed E-state index contributed by atoms with van der Waals surface area (Å²) in [5, 5.41) is 18.4. The van der Waals surface area contributed by atoms with E-state index in [4.69, 9.17) is 5.11 Å². The van der Waals surface area contributed by atoms with E-state index in [1.54, 1.807) is 0 Å². The molecular formula is C8H16O2. The lowest BCUT2D eigenvalue weighted by Crippen LogP contribution is -2.26. The smallest absolute Gasteiger partial charge is 0.101 e. The number of hydrogen-bond donors (Lipinski definition) is 2. The van der Waals surface area contributed by atoms with Crippen molar-refractivity contribution in [1.29, 1.82) is 0 Å². The summed E-state index contributed by atoms with van der Waals surface area (Å²) in [6, 6.07) is 0. The maximum Gasteiger partial charge on any atom is 0.101 e. The zero-order chi connectivity index (χ0) is 8.15. The Bertz CT molecular complexity index is 110. The van der Waals surface area contributed by atoms with Gasteiger partial charge in [0.2, 0.25) is 0 Å². The largest absolute Gasteiger partial charge is 0.390 e. The van der Waals surface area contributed by atoms with Gasteiger partial charge < -0.3 is 10.2 Å². The Labute approximate surface area is 62.2 Å². The maximum absolute atomic E-state index is 9.24. The monoisotopic (exact) mass is 144 g/mol. The summed E-state index contributed by atoms with van der Waals surface area (Å²) in [7, 11) is 0. The minimum absolute atomic E-state index is 0.570. The molecule has 60 valence electrons. The molecule has 0 bridgehead atoms. The topological polar surface area (TPSA) is 40.5 Å². The second-order valence-electron chi connectivity index (χ2n) is 2.43. The normalized spacial score (nSPS) is 16.4. The van der Waals surface area contributed by atoms with E-state index in [1.807, 2.05) is 13.8 Å². The van der Waals surface area contributed by atoms with E-state index >= 15 is 0 Å². The molecular weight excluding hydrogens is 128 g/mol. The van der Waals surface area contributed by atoms with Crippen molar-refractivity contribution in [2.24, 2.45) is 0 Å². The zero-order valence-corrected chi connectivity index (χ0v) is 6.67. The highest BCUT2D eigenvalue weighted by atomic mass is 16.3. The molecule has 0 unspecified atom stereocenters. The molecule has 0 fully saturated rings. The van der Waals surface area contributed by atoms with Gasteiger partial charge in [-0.05, 0) is 18.4 Å². The quantitative estimate of drug-likeness (QED) is 0.580. The average molecular weight is 144 g/mol. The van der Waals surface area contributed by atoms with E-state index in [-0.39, 0.29) is 0 Å². The van der Waals surface area contributed by atoms with Crippen molar-refractivity contribution in [3.63, 3.8) is 0 Å². The Morgan fingerprint density at radius 3 is 2.20 bits per heavy atom. The first-order valence-corrected chi connectivity index (χ1v) is 3.67. The standard InChI is InChI=1S/C8H16O2/c1-4-6(3)8(10)7(9)5-2/h7-10H,3-5H2,1-2H3/t7-,8-/m1/s1. The van der Waals surface area contributed by atoms with Crippen LogP contribution in [0, 0.1) is 0 Å². The van der Waals surface area contributed by atoms with Gasteiger partial charge in [-0.3, -0.25) is 0 Å². The van der Waals surface area contributed by atoms with Crippen LogP contribution in [0.1, 0.15) is 26.7 Å². The molecule has 0 aliphatic rings. The Kier molecular flexibility index (Phi) is 4.32. The summed E-state index contributed by atoms with van der Waals surface area (Å²) in [6.07, 6.45) is -0.0965.